The van der Waals surface area contributed by atoms with Gasteiger partial charge < -0.3 is 10.4 Å². The van der Waals surface area contributed by atoms with Crippen molar-refractivity contribution < 1.29 is 31.9 Å². The molecule has 184 valence electrons. The van der Waals surface area contributed by atoms with Crippen LogP contribution in [0.4, 0.5) is 14.5 Å². The second-order valence-corrected chi connectivity index (χ2v) is 10.00. The van der Waals surface area contributed by atoms with E-state index in [1.807, 2.05) is 0 Å². The molecule has 3 aromatic carbocycles. The molecule has 1 atom stereocenters. The summed E-state index contributed by atoms with van der Waals surface area (Å²) in [5, 5.41) is 11.9. The Bertz CT molecular complexity index is 1300. The van der Waals surface area contributed by atoms with Gasteiger partial charge in [0.05, 0.1) is 11.3 Å². The van der Waals surface area contributed by atoms with Gasteiger partial charge >= 0.3 is 5.97 Å². The van der Waals surface area contributed by atoms with E-state index in [1.165, 1.54) is 12.1 Å². The molecule has 0 saturated carbocycles. The fourth-order valence-electron chi connectivity index (χ4n) is 3.38. The number of benzene rings is 3. The van der Waals surface area contributed by atoms with Crippen molar-refractivity contribution in [2.75, 3.05) is 5.32 Å². The van der Waals surface area contributed by atoms with Crippen LogP contribution >= 0.6 is 0 Å². The van der Waals surface area contributed by atoms with Crippen LogP contribution in [0.1, 0.15) is 19.4 Å². The number of nitrogens with one attached hydrogen (secondary N) is 2. The van der Waals surface area contributed by atoms with Crippen LogP contribution in [-0.4, -0.2) is 31.4 Å². The monoisotopic (exact) mass is 502 g/mol. The fourth-order valence-corrected chi connectivity index (χ4v) is 4.72. The second-order valence-electron chi connectivity index (χ2n) is 8.29. The van der Waals surface area contributed by atoms with Crippen molar-refractivity contribution in [1.29, 1.82) is 0 Å². The molecule has 3 rings (SSSR count). The lowest BCUT2D eigenvalue weighted by Gasteiger charge is -2.18. The van der Waals surface area contributed by atoms with Crippen molar-refractivity contribution in [2.24, 2.45) is 5.92 Å². The van der Waals surface area contributed by atoms with Crippen molar-refractivity contribution in [3.05, 3.63) is 83.9 Å². The van der Waals surface area contributed by atoms with E-state index in [4.69, 9.17) is 0 Å². The summed E-state index contributed by atoms with van der Waals surface area (Å²) in [6.07, 6.45) is -0.194. The summed E-state index contributed by atoms with van der Waals surface area (Å²) in [6, 6.07) is 14.3. The zero-order valence-electron chi connectivity index (χ0n) is 19.0. The van der Waals surface area contributed by atoms with Crippen molar-refractivity contribution in [3.8, 4) is 11.1 Å². The Labute approximate surface area is 201 Å². The summed E-state index contributed by atoms with van der Waals surface area (Å²) in [6.45, 7) is 3.22. The molecule has 0 radical (unpaired) electrons. The highest BCUT2D eigenvalue weighted by molar-refractivity contribution is 7.89. The van der Waals surface area contributed by atoms with Crippen LogP contribution in [0, 0.1) is 17.6 Å². The van der Waals surface area contributed by atoms with Crippen LogP contribution < -0.4 is 10.0 Å². The van der Waals surface area contributed by atoms with Crippen LogP contribution in [0.2, 0.25) is 0 Å². The highest BCUT2D eigenvalue weighted by Crippen LogP contribution is 2.24. The molecular formula is C25H24F2N2O5S. The summed E-state index contributed by atoms with van der Waals surface area (Å²) in [5.74, 6) is -3.64. The highest BCUT2D eigenvalue weighted by Gasteiger charge is 2.28. The third-order valence-corrected chi connectivity index (χ3v) is 6.63. The Hall–Kier alpha value is -3.63. The first-order valence-electron chi connectivity index (χ1n) is 10.6. The molecule has 0 aromatic heterocycles. The maximum atomic E-state index is 13.3. The number of halogens is 2. The predicted molar refractivity (Wildman–Crippen MR) is 127 cm³/mol. The second kappa shape index (κ2) is 10.7. The normalized spacial score (nSPS) is 12.4. The number of carboxylic acid groups (broad SMARTS) is 1. The number of hydrogen-bond donors (Lipinski definition) is 3. The number of aliphatic carboxylic acids is 1. The van der Waals surface area contributed by atoms with E-state index in [1.54, 1.807) is 50.2 Å². The van der Waals surface area contributed by atoms with Gasteiger partial charge in [0.15, 0.2) is 0 Å². The minimum absolute atomic E-state index is 0.0641. The maximum Gasteiger partial charge on any atom is 0.322 e. The van der Waals surface area contributed by atoms with Crippen molar-refractivity contribution in [2.45, 2.75) is 31.2 Å². The maximum absolute atomic E-state index is 13.3. The molecule has 10 heteroatoms. The lowest BCUT2D eigenvalue weighted by molar-refractivity contribution is -0.140. The fraction of sp³-hybridized carbons (Fsp3) is 0.200. The SMILES string of the molecule is CC(C)[C@H](NS(=O)(=O)c1ccc(-c2ccc(NC(=O)Cc3cc(F)cc(F)c3)cc2)cc1)C(=O)O. The van der Waals surface area contributed by atoms with Crippen LogP contribution in [-0.2, 0) is 26.0 Å². The van der Waals surface area contributed by atoms with Crippen LogP contribution in [0.3, 0.4) is 0 Å². The Morgan fingerprint density at radius 2 is 1.40 bits per heavy atom. The average Bonchev–Trinajstić information content (AvgIpc) is 2.77. The smallest absolute Gasteiger partial charge is 0.322 e. The van der Waals surface area contributed by atoms with Gasteiger partial charge in [-0.25, -0.2) is 17.2 Å². The van der Waals surface area contributed by atoms with Gasteiger partial charge in [0.1, 0.15) is 17.7 Å². The van der Waals surface area contributed by atoms with E-state index in [9.17, 15) is 31.9 Å². The van der Waals surface area contributed by atoms with E-state index >= 15 is 0 Å². The van der Waals surface area contributed by atoms with Gasteiger partial charge in [-0.05, 0) is 59.0 Å². The lowest BCUT2D eigenvalue weighted by Crippen LogP contribution is -2.44. The minimum atomic E-state index is -4.03. The van der Waals surface area contributed by atoms with E-state index in [0.29, 0.717) is 11.3 Å². The zero-order chi connectivity index (χ0) is 25.8. The van der Waals surface area contributed by atoms with Gasteiger partial charge in [0, 0.05) is 11.8 Å². The topological polar surface area (TPSA) is 113 Å². The Morgan fingerprint density at radius 3 is 1.89 bits per heavy atom. The van der Waals surface area contributed by atoms with Gasteiger partial charge in [-0.2, -0.15) is 4.72 Å². The molecule has 1 amide bonds. The van der Waals surface area contributed by atoms with E-state index in [0.717, 1.165) is 23.8 Å². The van der Waals surface area contributed by atoms with Gasteiger partial charge in [-0.1, -0.05) is 38.1 Å². The number of amides is 1. The Kier molecular flexibility index (Phi) is 7.98. The van der Waals surface area contributed by atoms with Gasteiger partial charge in [-0.15, -0.1) is 0 Å². The summed E-state index contributed by atoms with van der Waals surface area (Å²) in [7, 11) is -4.03. The number of carbonyl (C=O) groups is 2. The van der Waals surface area contributed by atoms with Crippen LogP contribution in [0.15, 0.2) is 71.6 Å². The van der Waals surface area contributed by atoms with Crippen LogP contribution in [0.5, 0.6) is 0 Å². The molecule has 7 nitrogen and oxygen atoms in total. The molecule has 35 heavy (non-hydrogen) atoms. The highest BCUT2D eigenvalue weighted by atomic mass is 32.2. The first-order chi connectivity index (χ1) is 16.4. The minimum Gasteiger partial charge on any atom is -0.480 e. The molecule has 0 bridgehead atoms. The van der Waals surface area contributed by atoms with Gasteiger partial charge in [-0.3, -0.25) is 9.59 Å². The summed E-state index contributed by atoms with van der Waals surface area (Å²) in [4.78, 5) is 23.5. The van der Waals surface area contributed by atoms with E-state index in [2.05, 4.69) is 10.0 Å². The van der Waals surface area contributed by atoms with E-state index < -0.39 is 45.5 Å². The number of carboxylic acids is 1. The molecule has 0 saturated heterocycles. The largest absolute Gasteiger partial charge is 0.480 e. The summed E-state index contributed by atoms with van der Waals surface area (Å²) < 4.78 is 53.9. The zero-order valence-corrected chi connectivity index (χ0v) is 19.8. The predicted octanol–water partition coefficient (Wildman–Crippen LogP) is 4.20. The number of sulfonamides is 1. The number of carbonyl (C=O) groups excluding carboxylic acids is 1. The molecule has 0 heterocycles. The van der Waals surface area contributed by atoms with Gasteiger partial charge in [0.2, 0.25) is 15.9 Å². The molecule has 0 unspecified atom stereocenters. The molecule has 0 aliphatic heterocycles. The number of anilines is 1. The van der Waals surface area contributed by atoms with Crippen LogP contribution in [0.25, 0.3) is 11.1 Å². The standard InChI is InChI=1S/C25H24F2N2O5S/c1-15(2)24(25(31)32)29-35(33,34)22-9-5-18(6-10-22)17-3-7-21(8-4-17)28-23(30)13-16-11-19(26)14-20(27)12-16/h3-12,14-15,24,29H,13H2,1-2H3,(H,28,30)(H,31,32)/t24-/m0/s1. The van der Waals surface area contributed by atoms with Crippen molar-refractivity contribution in [1.82, 2.24) is 4.72 Å². The molecular weight excluding hydrogens is 478 g/mol. The average molecular weight is 503 g/mol. The molecule has 0 aliphatic carbocycles. The molecule has 0 spiro atoms. The first-order valence-corrected chi connectivity index (χ1v) is 12.1. The van der Waals surface area contributed by atoms with Crippen molar-refractivity contribution in [3.63, 3.8) is 0 Å². The number of rotatable bonds is 9. The quantitative estimate of drug-likeness (QED) is 0.406. The third kappa shape index (κ3) is 6.93. The molecule has 0 aliphatic rings. The van der Waals surface area contributed by atoms with Gasteiger partial charge in [0.25, 0.3) is 0 Å². The molecule has 3 N–H and O–H groups in total. The molecule has 3 aromatic rings. The molecule has 0 fully saturated rings. The number of hydrogen-bond acceptors (Lipinski definition) is 4. The van der Waals surface area contributed by atoms with E-state index in [-0.39, 0.29) is 16.9 Å². The Morgan fingerprint density at radius 1 is 0.886 bits per heavy atom. The third-order valence-electron chi connectivity index (χ3n) is 5.17. The first kappa shape index (κ1) is 26.0. The Balaban J connectivity index is 1.67. The lowest BCUT2D eigenvalue weighted by atomic mass is 10.1. The van der Waals surface area contributed by atoms with Crippen molar-refractivity contribution >= 4 is 27.6 Å². The summed E-state index contributed by atoms with van der Waals surface area (Å²) >= 11 is 0. The summed E-state index contributed by atoms with van der Waals surface area (Å²) in [5.41, 5.74) is 2.14.